The van der Waals surface area contributed by atoms with Crippen LogP contribution in [0.2, 0.25) is 0 Å². The Morgan fingerprint density at radius 2 is 1.95 bits per heavy atom. The lowest BCUT2D eigenvalue weighted by Gasteiger charge is -2.06. The number of aliphatic carboxylic acids is 1. The first-order valence-corrected chi connectivity index (χ1v) is 7.56. The lowest BCUT2D eigenvalue weighted by molar-refractivity contribution is -0.132. The summed E-state index contributed by atoms with van der Waals surface area (Å²) < 4.78 is 25.7. The molecule has 0 aliphatic heterocycles. The summed E-state index contributed by atoms with van der Waals surface area (Å²) in [7, 11) is -3.61. The van der Waals surface area contributed by atoms with Crippen LogP contribution in [0.25, 0.3) is 6.08 Å². The molecule has 0 amide bonds. The van der Waals surface area contributed by atoms with E-state index in [9.17, 15) is 13.2 Å². The molecule has 19 heavy (non-hydrogen) atoms. The van der Waals surface area contributed by atoms with Crippen molar-refractivity contribution in [1.82, 2.24) is 4.72 Å². The van der Waals surface area contributed by atoms with E-state index in [1.807, 2.05) is 6.92 Å². The monoisotopic (exact) mass is 283 g/mol. The molecule has 1 rings (SSSR count). The van der Waals surface area contributed by atoms with Crippen LogP contribution in [0.5, 0.6) is 0 Å². The molecule has 0 aliphatic rings. The van der Waals surface area contributed by atoms with Gasteiger partial charge in [-0.3, -0.25) is 0 Å². The van der Waals surface area contributed by atoms with Crippen molar-refractivity contribution in [3.63, 3.8) is 0 Å². The van der Waals surface area contributed by atoms with Crippen LogP contribution in [0.15, 0.2) is 35.9 Å². The maximum atomic E-state index is 11.7. The van der Waals surface area contributed by atoms with Crippen LogP contribution in [-0.4, -0.2) is 31.8 Å². The van der Waals surface area contributed by atoms with Gasteiger partial charge in [0.1, 0.15) is 0 Å². The van der Waals surface area contributed by atoms with Gasteiger partial charge in [-0.1, -0.05) is 37.3 Å². The second-order valence-corrected chi connectivity index (χ2v) is 5.85. The van der Waals surface area contributed by atoms with Gasteiger partial charge in [0.15, 0.2) is 0 Å². The van der Waals surface area contributed by atoms with Crippen LogP contribution >= 0.6 is 0 Å². The largest absolute Gasteiger partial charge is 0.478 e. The predicted molar refractivity (Wildman–Crippen MR) is 74.1 cm³/mol. The van der Waals surface area contributed by atoms with Gasteiger partial charge in [0, 0.05) is 6.54 Å². The summed E-state index contributed by atoms with van der Waals surface area (Å²) in [6, 6.07) is 8.76. The Hall–Kier alpha value is -1.66. The van der Waals surface area contributed by atoms with E-state index in [-0.39, 0.29) is 5.57 Å². The third-order valence-corrected chi connectivity index (χ3v) is 3.67. The number of carboxylic acids is 1. The molecule has 0 aromatic heterocycles. The van der Waals surface area contributed by atoms with Crippen molar-refractivity contribution in [3.05, 3.63) is 41.5 Å². The maximum Gasteiger partial charge on any atom is 0.332 e. The number of carboxylic acid groups (broad SMARTS) is 1. The minimum Gasteiger partial charge on any atom is -0.478 e. The van der Waals surface area contributed by atoms with Crippen molar-refractivity contribution < 1.29 is 18.3 Å². The van der Waals surface area contributed by atoms with Crippen LogP contribution in [0, 0.1) is 0 Å². The molecule has 0 heterocycles. The van der Waals surface area contributed by atoms with Gasteiger partial charge in [0.25, 0.3) is 0 Å². The highest BCUT2D eigenvalue weighted by Crippen LogP contribution is 2.09. The van der Waals surface area contributed by atoms with E-state index in [1.165, 1.54) is 6.08 Å². The molecule has 0 unspecified atom stereocenters. The van der Waals surface area contributed by atoms with E-state index in [2.05, 4.69) is 4.72 Å². The van der Waals surface area contributed by atoms with Crippen molar-refractivity contribution >= 4 is 22.1 Å². The average molecular weight is 283 g/mol. The van der Waals surface area contributed by atoms with Crippen molar-refractivity contribution in [2.75, 3.05) is 12.3 Å². The lowest BCUT2D eigenvalue weighted by atomic mass is 10.1. The summed E-state index contributed by atoms with van der Waals surface area (Å²) in [6.07, 6.45) is 2.03. The number of carbonyl (C=O) groups is 1. The molecule has 0 aliphatic carbocycles. The quantitative estimate of drug-likeness (QED) is 0.742. The molecule has 0 saturated heterocycles. The van der Waals surface area contributed by atoms with Crippen LogP contribution in [-0.2, 0) is 14.8 Å². The van der Waals surface area contributed by atoms with E-state index in [0.29, 0.717) is 18.5 Å². The SMILES string of the molecule is CCCNS(=O)(=O)CC(=Cc1ccccc1)C(=O)O. The topological polar surface area (TPSA) is 83.5 Å². The maximum absolute atomic E-state index is 11.7. The molecule has 2 N–H and O–H groups in total. The Labute approximate surface area is 113 Å². The molecular formula is C13H17NO4S. The highest BCUT2D eigenvalue weighted by atomic mass is 32.2. The van der Waals surface area contributed by atoms with Gasteiger partial charge in [0.2, 0.25) is 10.0 Å². The van der Waals surface area contributed by atoms with Gasteiger partial charge in [-0.25, -0.2) is 17.9 Å². The standard InChI is InChI=1S/C13H17NO4S/c1-2-8-14-19(17,18)10-12(13(15)16)9-11-6-4-3-5-7-11/h3-7,9,14H,2,8,10H2,1H3,(H,15,16). The fourth-order valence-corrected chi connectivity index (χ4v) is 2.66. The van der Waals surface area contributed by atoms with E-state index in [4.69, 9.17) is 5.11 Å². The van der Waals surface area contributed by atoms with Gasteiger partial charge in [0.05, 0.1) is 11.3 Å². The Kier molecular flexibility index (Phi) is 5.72. The zero-order valence-corrected chi connectivity index (χ0v) is 11.5. The van der Waals surface area contributed by atoms with Gasteiger partial charge in [-0.15, -0.1) is 0 Å². The molecule has 6 heteroatoms. The average Bonchev–Trinajstić information content (AvgIpc) is 2.36. The van der Waals surface area contributed by atoms with E-state index < -0.39 is 21.7 Å². The van der Waals surface area contributed by atoms with E-state index in [0.717, 1.165) is 0 Å². The first kappa shape index (κ1) is 15.4. The minimum atomic E-state index is -3.61. The summed E-state index contributed by atoms with van der Waals surface area (Å²) >= 11 is 0. The smallest absolute Gasteiger partial charge is 0.332 e. The molecule has 0 fully saturated rings. The molecule has 0 saturated carbocycles. The highest BCUT2D eigenvalue weighted by molar-refractivity contribution is 7.89. The molecule has 0 spiro atoms. The molecule has 0 radical (unpaired) electrons. The summed E-state index contributed by atoms with van der Waals surface area (Å²) in [5.74, 6) is -1.76. The van der Waals surface area contributed by atoms with Crippen LogP contribution in [0.1, 0.15) is 18.9 Å². The first-order chi connectivity index (χ1) is 8.94. The highest BCUT2D eigenvalue weighted by Gasteiger charge is 2.17. The zero-order valence-electron chi connectivity index (χ0n) is 10.7. The van der Waals surface area contributed by atoms with E-state index >= 15 is 0 Å². The number of benzene rings is 1. The Bertz CT molecular complexity index is 549. The van der Waals surface area contributed by atoms with Gasteiger partial charge < -0.3 is 5.11 Å². The van der Waals surface area contributed by atoms with Gasteiger partial charge >= 0.3 is 5.97 Å². The van der Waals surface area contributed by atoms with Crippen LogP contribution in [0.4, 0.5) is 0 Å². The van der Waals surface area contributed by atoms with Crippen LogP contribution in [0.3, 0.4) is 0 Å². The zero-order chi connectivity index (χ0) is 14.3. The summed E-state index contributed by atoms with van der Waals surface area (Å²) in [4.78, 5) is 11.1. The number of nitrogens with one attached hydrogen (secondary N) is 1. The Morgan fingerprint density at radius 3 is 2.47 bits per heavy atom. The normalized spacial score (nSPS) is 12.4. The molecule has 0 bridgehead atoms. The molecule has 5 nitrogen and oxygen atoms in total. The van der Waals surface area contributed by atoms with Crippen LogP contribution < -0.4 is 4.72 Å². The molecule has 1 aromatic rings. The fourth-order valence-electron chi connectivity index (χ4n) is 1.43. The second kappa shape index (κ2) is 7.06. The van der Waals surface area contributed by atoms with Crippen molar-refractivity contribution in [1.29, 1.82) is 0 Å². The molecule has 0 atom stereocenters. The van der Waals surface area contributed by atoms with Crippen molar-refractivity contribution in [2.24, 2.45) is 0 Å². The lowest BCUT2D eigenvalue weighted by Crippen LogP contribution is -2.29. The first-order valence-electron chi connectivity index (χ1n) is 5.91. The third kappa shape index (κ3) is 5.67. The number of hydrogen-bond acceptors (Lipinski definition) is 3. The molecular weight excluding hydrogens is 266 g/mol. The second-order valence-electron chi connectivity index (χ2n) is 4.04. The van der Waals surface area contributed by atoms with Gasteiger partial charge in [-0.2, -0.15) is 0 Å². The number of rotatable bonds is 7. The van der Waals surface area contributed by atoms with Gasteiger partial charge in [-0.05, 0) is 18.1 Å². The molecule has 104 valence electrons. The van der Waals surface area contributed by atoms with E-state index in [1.54, 1.807) is 30.3 Å². The number of sulfonamides is 1. The number of hydrogen-bond donors (Lipinski definition) is 2. The molecule has 1 aromatic carbocycles. The van der Waals surface area contributed by atoms with Crippen molar-refractivity contribution in [3.8, 4) is 0 Å². The summed E-state index contributed by atoms with van der Waals surface area (Å²) in [5, 5.41) is 9.06. The third-order valence-electron chi connectivity index (χ3n) is 2.33. The Morgan fingerprint density at radius 1 is 1.32 bits per heavy atom. The predicted octanol–water partition coefficient (Wildman–Crippen LogP) is 1.48. The summed E-state index contributed by atoms with van der Waals surface area (Å²) in [5.41, 5.74) is 0.500. The fraction of sp³-hybridized carbons (Fsp3) is 0.308. The minimum absolute atomic E-state index is 0.158. The Balaban J connectivity index is 2.91. The van der Waals surface area contributed by atoms with Crippen molar-refractivity contribution in [2.45, 2.75) is 13.3 Å². The summed E-state index contributed by atoms with van der Waals surface area (Å²) in [6.45, 7) is 2.14.